The van der Waals surface area contributed by atoms with Crippen molar-refractivity contribution < 1.29 is 9.31 Å². The molecule has 0 radical (unpaired) electrons. The van der Waals surface area contributed by atoms with E-state index in [4.69, 9.17) is 0 Å². The van der Waals surface area contributed by atoms with E-state index < -0.39 is 11.0 Å². The van der Waals surface area contributed by atoms with Gasteiger partial charge in [0.15, 0.2) is 0 Å². The summed E-state index contributed by atoms with van der Waals surface area (Å²) < 4.78 is 14.4. The van der Waals surface area contributed by atoms with Gasteiger partial charge in [0.25, 0.3) is 0 Å². The SMILES string of the molecule is CC(c1ccccc1F)N(C)c1ncc(Br)cc1[N+](=O)[O-]. The predicted molar refractivity (Wildman–Crippen MR) is 81.8 cm³/mol. The molecule has 0 fully saturated rings. The topological polar surface area (TPSA) is 59.3 Å². The average Bonchev–Trinajstić information content (AvgIpc) is 2.46. The quantitative estimate of drug-likeness (QED) is 0.613. The Kier molecular flexibility index (Phi) is 4.52. The summed E-state index contributed by atoms with van der Waals surface area (Å²) in [6.45, 7) is 1.77. The van der Waals surface area contributed by atoms with Crippen molar-refractivity contribution in [2.75, 3.05) is 11.9 Å². The molecule has 0 saturated carbocycles. The van der Waals surface area contributed by atoms with E-state index in [9.17, 15) is 14.5 Å². The number of nitrogens with zero attached hydrogens (tertiary/aromatic N) is 3. The minimum absolute atomic E-state index is 0.130. The number of anilines is 1. The zero-order chi connectivity index (χ0) is 15.6. The van der Waals surface area contributed by atoms with E-state index in [1.165, 1.54) is 18.3 Å². The third-order valence-corrected chi connectivity index (χ3v) is 3.71. The number of pyridine rings is 1. The molecule has 0 saturated heterocycles. The maximum absolute atomic E-state index is 13.9. The number of hydrogen-bond donors (Lipinski definition) is 0. The van der Waals surface area contributed by atoms with Crippen LogP contribution < -0.4 is 4.90 Å². The van der Waals surface area contributed by atoms with Gasteiger partial charge in [0.1, 0.15) is 5.82 Å². The van der Waals surface area contributed by atoms with Gasteiger partial charge in [-0.25, -0.2) is 9.37 Å². The van der Waals surface area contributed by atoms with Crippen LogP contribution in [0.2, 0.25) is 0 Å². The van der Waals surface area contributed by atoms with E-state index in [1.807, 2.05) is 0 Å². The summed E-state index contributed by atoms with van der Waals surface area (Å²) in [6.07, 6.45) is 1.48. The van der Waals surface area contributed by atoms with Crippen LogP contribution in [0, 0.1) is 15.9 Å². The summed E-state index contributed by atoms with van der Waals surface area (Å²) in [5, 5.41) is 11.1. The Hall–Kier alpha value is -2.02. The highest BCUT2D eigenvalue weighted by Crippen LogP contribution is 2.33. The van der Waals surface area contributed by atoms with Gasteiger partial charge in [0, 0.05) is 29.3 Å². The van der Waals surface area contributed by atoms with Gasteiger partial charge in [-0.1, -0.05) is 18.2 Å². The molecular formula is C14H13BrFN3O2. The summed E-state index contributed by atoms with van der Waals surface area (Å²) in [7, 11) is 1.65. The number of halogens is 2. The molecule has 2 rings (SSSR count). The number of hydrogen-bond acceptors (Lipinski definition) is 4. The molecule has 1 aromatic carbocycles. The van der Waals surface area contributed by atoms with Gasteiger partial charge >= 0.3 is 5.69 Å². The van der Waals surface area contributed by atoms with Crippen LogP contribution in [-0.4, -0.2) is 17.0 Å². The monoisotopic (exact) mass is 353 g/mol. The van der Waals surface area contributed by atoms with Crippen LogP contribution in [0.3, 0.4) is 0 Å². The lowest BCUT2D eigenvalue weighted by Crippen LogP contribution is -2.24. The Labute approximate surface area is 129 Å². The highest BCUT2D eigenvalue weighted by molar-refractivity contribution is 9.10. The van der Waals surface area contributed by atoms with Crippen LogP contribution in [0.5, 0.6) is 0 Å². The van der Waals surface area contributed by atoms with E-state index >= 15 is 0 Å². The molecule has 0 spiro atoms. The Morgan fingerprint density at radius 3 is 2.71 bits per heavy atom. The van der Waals surface area contributed by atoms with Gasteiger partial charge in [-0.15, -0.1) is 0 Å². The molecule has 0 N–H and O–H groups in total. The van der Waals surface area contributed by atoms with Crippen LogP contribution in [0.25, 0.3) is 0 Å². The fraction of sp³-hybridized carbons (Fsp3) is 0.214. The summed E-state index contributed by atoms with van der Waals surface area (Å²) in [4.78, 5) is 16.3. The van der Waals surface area contributed by atoms with Crippen molar-refractivity contribution in [3.8, 4) is 0 Å². The minimum Gasteiger partial charge on any atom is -0.347 e. The van der Waals surface area contributed by atoms with Gasteiger partial charge in [-0.05, 0) is 28.9 Å². The number of benzene rings is 1. The van der Waals surface area contributed by atoms with E-state index in [1.54, 1.807) is 37.1 Å². The molecule has 0 aliphatic rings. The molecule has 21 heavy (non-hydrogen) atoms. The van der Waals surface area contributed by atoms with Crippen molar-refractivity contribution in [3.63, 3.8) is 0 Å². The zero-order valence-corrected chi connectivity index (χ0v) is 13.0. The zero-order valence-electron chi connectivity index (χ0n) is 11.5. The Balaban J connectivity index is 2.43. The van der Waals surface area contributed by atoms with Crippen molar-refractivity contribution in [1.82, 2.24) is 4.98 Å². The lowest BCUT2D eigenvalue weighted by atomic mass is 10.1. The first-order valence-corrected chi connectivity index (χ1v) is 6.98. The second-order valence-electron chi connectivity index (χ2n) is 4.56. The van der Waals surface area contributed by atoms with Crippen LogP contribution in [-0.2, 0) is 0 Å². The van der Waals surface area contributed by atoms with Gasteiger partial charge in [-0.3, -0.25) is 10.1 Å². The molecule has 1 heterocycles. The molecule has 0 amide bonds. The van der Waals surface area contributed by atoms with Crippen LogP contribution in [0.4, 0.5) is 15.9 Å². The van der Waals surface area contributed by atoms with Crippen molar-refractivity contribution in [1.29, 1.82) is 0 Å². The summed E-state index contributed by atoms with van der Waals surface area (Å²) >= 11 is 3.16. The highest BCUT2D eigenvalue weighted by atomic mass is 79.9. The number of aromatic nitrogens is 1. The summed E-state index contributed by atoms with van der Waals surface area (Å²) in [5.41, 5.74) is 0.328. The maximum Gasteiger partial charge on any atom is 0.312 e. The smallest absolute Gasteiger partial charge is 0.312 e. The highest BCUT2D eigenvalue weighted by Gasteiger charge is 2.24. The van der Waals surface area contributed by atoms with Crippen molar-refractivity contribution in [2.24, 2.45) is 0 Å². The molecule has 110 valence electrons. The molecular weight excluding hydrogens is 341 g/mol. The van der Waals surface area contributed by atoms with E-state index in [-0.39, 0.29) is 17.3 Å². The molecule has 0 bridgehead atoms. The van der Waals surface area contributed by atoms with Crippen molar-refractivity contribution >= 4 is 27.4 Å². The fourth-order valence-electron chi connectivity index (χ4n) is 2.03. The predicted octanol–water partition coefficient (Wildman–Crippen LogP) is 4.09. The third-order valence-electron chi connectivity index (χ3n) is 3.28. The average molecular weight is 354 g/mol. The lowest BCUT2D eigenvalue weighted by molar-refractivity contribution is -0.384. The lowest BCUT2D eigenvalue weighted by Gasteiger charge is -2.26. The largest absolute Gasteiger partial charge is 0.347 e. The van der Waals surface area contributed by atoms with Crippen LogP contribution in [0.15, 0.2) is 41.0 Å². The molecule has 0 aliphatic heterocycles. The minimum atomic E-state index is -0.502. The first kappa shape index (κ1) is 15.4. The van der Waals surface area contributed by atoms with Gasteiger partial charge < -0.3 is 4.90 Å². The first-order valence-electron chi connectivity index (χ1n) is 6.19. The molecule has 1 atom stereocenters. The normalized spacial score (nSPS) is 12.0. The summed E-state index contributed by atoms with van der Waals surface area (Å²) in [6, 6.07) is 7.34. The second kappa shape index (κ2) is 6.17. The second-order valence-corrected chi connectivity index (χ2v) is 5.48. The molecule has 0 aliphatic carbocycles. The number of nitro groups is 1. The Morgan fingerprint density at radius 1 is 1.43 bits per heavy atom. The van der Waals surface area contributed by atoms with Crippen molar-refractivity contribution in [3.05, 3.63) is 62.5 Å². The van der Waals surface area contributed by atoms with Gasteiger partial charge in [-0.2, -0.15) is 0 Å². The van der Waals surface area contributed by atoms with E-state index in [0.717, 1.165) is 0 Å². The van der Waals surface area contributed by atoms with E-state index in [0.29, 0.717) is 10.0 Å². The number of rotatable bonds is 4. The molecule has 2 aromatic rings. The van der Waals surface area contributed by atoms with Gasteiger partial charge in [0.05, 0.1) is 11.0 Å². The molecule has 1 unspecified atom stereocenters. The van der Waals surface area contributed by atoms with Gasteiger partial charge in [0.2, 0.25) is 5.82 Å². The van der Waals surface area contributed by atoms with Crippen LogP contribution >= 0.6 is 15.9 Å². The standard InChI is InChI=1S/C14H13BrFN3O2/c1-9(11-5-3-4-6-12(11)16)18(2)14-13(19(20)21)7-10(15)8-17-14/h3-9H,1-2H3. The fourth-order valence-corrected chi connectivity index (χ4v) is 2.35. The molecule has 5 nitrogen and oxygen atoms in total. The van der Waals surface area contributed by atoms with Crippen molar-refractivity contribution in [2.45, 2.75) is 13.0 Å². The van der Waals surface area contributed by atoms with E-state index in [2.05, 4.69) is 20.9 Å². The Bertz CT molecular complexity index is 681. The Morgan fingerprint density at radius 2 is 2.10 bits per heavy atom. The first-order chi connectivity index (χ1) is 9.91. The summed E-state index contributed by atoms with van der Waals surface area (Å²) in [5.74, 6) is -0.157. The molecule has 7 heteroatoms. The van der Waals surface area contributed by atoms with Crippen LogP contribution in [0.1, 0.15) is 18.5 Å². The maximum atomic E-state index is 13.9. The molecule has 1 aromatic heterocycles. The third kappa shape index (κ3) is 3.18.